The largest absolute Gasteiger partial charge is 0.490 e. The molecule has 2 aromatic heterocycles. The first kappa shape index (κ1) is 34.8. The van der Waals surface area contributed by atoms with Gasteiger partial charge in [-0.15, -0.1) is 0 Å². The first-order valence-electron chi connectivity index (χ1n) is 14.3. The minimum absolute atomic E-state index is 0.0837. The summed E-state index contributed by atoms with van der Waals surface area (Å²) in [5.41, 5.74) is 1.82. The number of carbonyl (C=O) groups excluding carboxylic acids is 3. The average molecular weight is 636 g/mol. The molecule has 244 valence electrons. The molecule has 45 heavy (non-hydrogen) atoms. The summed E-state index contributed by atoms with van der Waals surface area (Å²) in [7, 11) is 0. The molecule has 0 spiro atoms. The lowest BCUT2D eigenvalue weighted by Gasteiger charge is -2.22. The Morgan fingerprint density at radius 3 is 2.38 bits per heavy atom. The second-order valence-corrected chi connectivity index (χ2v) is 11.3. The van der Waals surface area contributed by atoms with Crippen LogP contribution in [0.5, 0.6) is 0 Å². The molecule has 0 saturated carbocycles. The number of H-pyrrole nitrogens is 1. The van der Waals surface area contributed by atoms with Crippen molar-refractivity contribution in [3.63, 3.8) is 0 Å². The fourth-order valence-electron chi connectivity index (χ4n) is 4.35. The van der Waals surface area contributed by atoms with Crippen molar-refractivity contribution >= 4 is 23.8 Å². The first-order valence-corrected chi connectivity index (χ1v) is 14.3. The summed E-state index contributed by atoms with van der Waals surface area (Å²) in [5, 5.41) is 17.2. The lowest BCUT2D eigenvalue weighted by Crippen LogP contribution is -2.33. The highest BCUT2D eigenvalue weighted by Crippen LogP contribution is 2.27. The SMILES string of the molecule is CCC(CC)NC(=O)c1cnc(-c2cccc(-c3cc(C(=O)N4CCC(C(=O)OC(C)(C)C)C4)n[nH]3)c2)o1.O=C(O)C(F)(F)F. The number of halogens is 3. The van der Waals surface area contributed by atoms with Crippen LogP contribution in [-0.2, 0) is 14.3 Å². The quantitative estimate of drug-likeness (QED) is 0.286. The van der Waals surface area contributed by atoms with E-state index in [1.165, 1.54) is 6.20 Å². The maximum absolute atomic E-state index is 13.0. The highest BCUT2D eigenvalue weighted by Gasteiger charge is 2.38. The molecule has 3 N–H and O–H groups in total. The van der Waals surface area contributed by atoms with Crippen LogP contribution >= 0.6 is 0 Å². The van der Waals surface area contributed by atoms with E-state index in [0.717, 1.165) is 18.4 Å². The van der Waals surface area contributed by atoms with Crippen LogP contribution in [0.25, 0.3) is 22.7 Å². The van der Waals surface area contributed by atoms with Gasteiger partial charge in [-0.3, -0.25) is 19.5 Å². The zero-order valence-electron chi connectivity index (χ0n) is 25.5. The number of ether oxygens (including phenoxy) is 1. The van der Waals surface area contributed by atoms with Crippen LogP contribution < -0.4 is 5.32 Å². The molecule has 0 radical (unpaired) electrons. The summed E-state index contributed by atoms with van der Waals surface area (Å²) in [6, 6.07) is 9.18. The monoisotopic (exact) mass is 635 g/mol. The van der Waals surface area contributed by atoms with Crippen molar-refractivity contribution in [3.8, 4) is 22.7 Å². The third kappa shape index (κ3) is 9.65. The molecule has 1 unspecified atom stereocenters. The van der Waals surface area contributed by atoms with Gasteiger partial charge in [0.2, 0.25) is 11.7 Å². The fourth-order valence-corrected chi connectivity index (χ4v) is 4.35. The van der Waals surface area contributed by atoms with Gasteiger partial charge in [0.05, 0.1) is 17.8 Å². The number of rotatable bonds is 8. The molecule has 2 amide bonds. The molecule has 1 saturated heterocycles. The van der Waals surface area contributed by atoms with E-state index in [-0.39, 0.29) is 41.2 Å². The van der Waals surface area contributed by atoms with Crippen LogP contribution in [0.3, 0.4) is 0 Å². The Kier molecular flexibility index (Phi) is 11.1. The van der Waals surface area contributed by atoms with Gasteiger partial charge in [-0.2, -0.15) is 18.3 Å². The minimum Gasteiger partial charge on any atom is -0.475 e. The second-order valence-electron chi connectivity index (χ2n) is 11.3. The number of hydrogen-bond donors (Lipinski definition) is 3. The van der Waals surface area contributed by atoms with Crippen molar-refractivity contribution < 1.29 is 46.6 Å². The summed E-state index contributed by atoms with van der Waals surface area (Å²) in [6.07, 6.45) is -1.43. The number of aromatic amines is 1. The summed E-state index contributed by atoms with van der Waals surface area (Å²) >= 11 is 0. The number of esters is 1. The van der Waals surface area contributed by atoms with Crippen LogP contribution in [0, 0.1) is 5.92 Å². The Morgan fingerprint density at radius 1 is 1.13 bits per heavy atom. The highest BCUT2D eigenvalue weighted by molar-refractivity contribution is 5.94. The highest BCUT2D eigenvalue weighted by atomic mass is 19.4. The molecule has 0 bridgehead atoms. The predicted octanol–water partition coefficient (Wildman–Crippen LogP) is 5.09. The van der Waals surface area contributed by atoms with E-state index in [9.17, 15) is 27.6 Å². The van der Waals surface area contributed by atoms with Gasteiger partial charge in [-0.25, -0.2) is 9.78 Å². The molecule has 0 aliphatic carbocycles. The molecule has 1 aliphatic rings. The topological polar surface area (TPSA) is 168 Å². The van der Waals surface area contributed by atoms with Crippen LogP contribution in [0.15, 0.2) is 40.9 Å². The van der Waals surface area contributed by atoms with Gasteiger partial charge < -0.3 is 24.5 Å². The number of carboxylic acids is 1. The van der Waals surface area contributed by atoms with E-state index in [1.54, 1.807) is 11.0 Å². The van der Waals surface area contributed by atoms with Crippen LogP contribution in [0.1, 0.15) is 74.9 Å². The van der Waals surface area contributed by atoms with Crippen molar-refractivity contribution in [1.82, 2.24) is 25.4 Å². The van der Waals surface area contributed by atoms with Gasteiger partial charge in [-0.05, 0) is 58.2 Å². The van der Waals surface area contributed by atoms with E-state index in [0.29, 0.717) is 36.7 Å². The smallest absolute Gasteiger partial charge is 0.475 e. The molecule has 15 heteroatoms. The molecular formula is C30H36F3N5O7. The summed E-state index contributed by atoms with van der Waals surface area (Å²) in [6.45, 7) is 10.3. The summed E-state index contributed by atoms with van der Waals surface area (Å²) in [4.78, 5) is 52.7. The van der Waals surface area contributed by atoms with Gasteiger partial charge in [0, 0.05) is 30.3 Å². The Morgan fingerprint density at radius 2 is 1.78 bits per heavy atom. The molecule has 1 aromatic carbocycles. The molecule has 1 aliphatic heterocycles. The van der Waals surface area contributed by atoms with Gasteiger partial charge in [0.1, 0.15) is 5.60 Å². The molecule has 3 heterocycles. The van der Waals surface area contributed by atoms with E-state index in [2.05, 4.69) is 20.5 Å². The molecule has 1 atom stereocenters. The number of hydrogen-bond acceptors (Lipinski definition) is 8. The third-order valence-electron chi connectivity index (χ3n) is 6.73. The maximum Gasteiger partial charge on any atom is 0.490 e. The molecule has 12 nitrogen and oxygen atoms in total. The molecule has 3 aromatic rings. The molecular weight excluding hydrogens is 599 g/mol. The Bertz CT molecular complexity index is 1510. The number of amides is 2. The van der Waals surface area contributed by atoms with Crippen molar-refractivity contribution in [2.45, 2.75) is 71.7 Å². The number of oxazole rings is 1. The van der Waals surface area contributed by atoms with Gasteiger partial charge >= 0.3 is 18.1 Å². The Hall–Kier alpha value is -4.69. The normalized spacial score (nSPS) is 15.0. The minimum atomic E-state index is -5.08. The van der Waals surface area contributed by atoms with E-state index in [4.69, 9.17) is 19.1 Å². The van der Waals surface area contributed by atoms with Crippen molar-refractivity contribution in [2.75, 3.05) is 13.1 Å². The van der Waals surface area contributed by atoms with Crippen molar-refractivity contribution in [3.05, 3.63) is 48.0 Å². The summed E-state index contributed by atoms with van der Waals surface area (Å²) in [5.74, 6) is -3.43. The number of nitrogens with one attached hydrogen (secondary N) is 2. The maximum atomic E-state index is 13.0. The van der Waals surface area contributed by atoms with Crippen molar-refractivity contribution in [2.24, 2.45) is 5.92 Å². The van der Waals surface area contributed by atoms with Crippen LogP contribution in [0.2, 0.25) is 0 Å². The van der Waals surface area contributed by atoms with E-state index in [1.807, 2.05) is 58.9 Å². The number of aromatic nitrogens is 3. The lowest BCUT2D eigenvalue weighted by atomic mass is 10.1. The van der Waals surface area contributed by atoms with Crippen LogP contribution in [0.4, 0.5) is 13.2 Å². The standard InChI is InChI=1S/C28H35N5O5.C2HF3O2/c1-6-20(7-2)30-24(34)23-15-29-25(37-23)18-10-8-9-17(13-18)21-14-22(32-31-21)26(35)33-12-11-19(16-33)27(36)38-28(3,4)5;3-2(4,5)1(6)7/h8-10,13-15,19-20H,6-7,11-12,16H2,1-5H3,(H,30,34)(H,31,32);(H,6,7). The number of nitrogens with zero attached hydrogens (tertiary/aromatic N) is 3. The van der Waals surface area contributed by atoms with Crippen molar-refractivity contribution in [1.29, 1.82) is 0 Å². The molecule has 1 fully saturated rings. The second kappa shape index (κ2) is 14.4. The van der Waals surface area contributed by atoms with E-state index < -0.39 is 17.7 Å². The number of alkyl halides is 3. The number of likely N-dealkylation sites (tertiary alicyclic amines) is 1. The van der Waals surface area contributed by atoms with E-state index >= 15 is 0 Å². The number of carbonyl (C=O) groups is 4. The lowest BCUT2D eigenvalue weighted by molar-refractivity contribution is -0.192. The average Bonchev–Trinajstić information content (AvgIpc) is 3.76. The Balaban J connectivity index is 0.000000707. The van der Waals surface area contributed by atoms with Gasteiger partial charge in [-0.1, -0.05) is 26.0 Å². The third-order valence-corrected chi connectivity index (χ3v) is 6.73. The van der Waals surface area contributed by atoms with Gasteiger partial charge in [0.25, 0.3) is 11.8 Å². The molecule has 4 rings (SSSR count). The fraction of sp³-hybridized carbons (Fsp3) is 0.467. The van der Waals surface area contributed by atoms with Crippen LogP contribution in [-0.4, -0.2) is 79.8 Å². The predicted molar refractivity (Wildman–Crippen MR) is 155 cm³/mol. The zero-order chi connectivity index (χ0) is 33.5. The number of benzene rings is 1. The summed E-state index contributed by atoms with van der Waals surface area (Å²) < 4.78 is 42.9. The Labute approximate surface area is 257 Å². The number of aliphatic carboxylic acids is 1. The van der Waals surface area contributed by atoms with Gasteiger partial charge in [0.15, 0.2) is 5.69 Å². The zero-order valence-corrected chi connectivity index (χ0v) is 25.5. The number of carboxylic acid groups (broad SMARTS) is 1. The first-order chi connectivity index (χ1) is 21.0.